The lowest BCUT2D eigenvalue weighted by atomic mass is 9.91. The standard InChI is InChI=1S/C30H27F2N3O6S/c1-39-29(38)41-15-40-27-22(36)12-21(35-26(27)28(37)34-14-30(8-9-30)7-6-24(34)33-35)18-11-20(31)25(32)19-13-42-23-5-3-2-4-16(23)10-17(18)19/h2-5,11-12,24,33H,6-10,13-15H2,1H3/t24-/m0/s1. The predicted octanol–water partition coefficient (Wildman–Crippen LogP) is 5.01. The maximum Gasteiger partial charge on any atom is 0.510 e. The molecule has 12 heteroatoms. The van der Waals surface area contributed by atoms with E-state index in [0.717, 1.165) is 42.9 Å². The van der Waals surface area contributed by atoms with E-state index in [0.29, 0.717) is 30.5 Å². The summed E-state index contributed by atoms with van der Waals surface area (Å²) in [4.78, 5) is 41.8. The molecule has 3 aliphatic heterocycles. The number of methoxy groups -OCH3 is 1. The third-order valence-corrected chi connectivity index (χ3v) is 9.81. The van der Waals surface area contributed by atoms with Crippen LogP contribution in [-0.4, -0.2) is 48.3 Å². The van der Waals surface area contributed by atoms with Gasteiger partial charge in [0.05, 0.1) is 12.8 Å². The summed E-state index contributed by atoms with van der Waals surface area (Å²) in [6.07, 6.45) is 2.64. The van der Waals surface area contributed by atoms with Gasteiger partial charge in [0, 0.05) is 34.4 Å². The molecular formula is C30H27F2N3O6S. The second kappa shape index (κ2) is 10.0. The molecule has 1 N–H and O–H groups in total. The molecule has 1 saturated heterocycles. The lowest BCUT2D eigenvalue weighted by molar-refractivity contribution is 0.0129. The Bertz CT molecular complexity index is 1710. The number of carbonyl (C=O) groups excluding carboxylic acids is 2. The number of fused-ring (bicyclic) bond motifs is 4. The van der Waals surface area contributed by atoms with Crippen molar-refractivity contribution in [3.8, 4) is 17.0 Å². The van der Waals surface area contributed by atoms with Crippen LogP contribution in [0.2, 0.25) is 0 Å². The van der Waals surface area contributed by atoms with E-state index in [4.69, 9.17) is 9.47 Å². The Morgan fingerprint density at radius 3 is 2.74 bits per heavy atom. The van der Waals surface area contributed by atoms with Gasteiger partial charge in [-0.2, -0.15) is 0 Å². The van der Waals surface area contributed by atoms with Gasteiger partial charge in [0.15, 0.2) is 17.3 Å². The number of rotatable bonds is 4. The highest BCUT2D eigenvalue weighted by Crippen LogP contribution is 2.54. The fraction of sp³-hybridized carbons (Fsp3) is 0.367. The Morgan fingerprint density at radius 1 is 1.14 bits per heavy atom. The van der Waals surface area contributed by atoms with Gasteiger partial charge in [0.2, 0.25) is 18.0 Å². The van der Waals surface area contributed by atoms with Crippen LogP contribution in [0.5, 0.6) is 5.75 Å². The fourth-order valence-corrected chi connectivity index (χ4v) is 7.35. The summed E-state index contributed by atoms with van der Waals surface area (Å²) >= 11 is 1.42. The number of carbonyl (C=O) groups is 2. The van der Waals surface area contributed by atoms with Gasteiger partial charge >= 0.3 is 6.16 Å². The van der Waals surface area contributed by atoms with Crippen molar-refractivity contribution in [2.24, 2.45) is 5.41 Å². The molecule has 4 aliphatic rings. The topological polar surface area (TPSA) is 99.1 Å². The van der Waals surface area contributed by atoms with Crippen molar-refractivity contribution >= 4 is 23.8 Å². The molecule has 4 heterocycles. The summed E-state index contributed by atoms with van der Waals surface area (Å²) < 4.78 is 46.7. The third kappa shape index (κ3) is 4.39. The van der Waals surface area contributed by atoms with Crippen LogP contribution in [0.1, 0.15) is 52.9 Å². The zero-order chi connectivity index (χ0) is 29.2. The van der Waals surface area contributed by atoms with Gasteiger partial charge in [-0.25, -0.2) is 18.3 Å². The summed E-state index contributed by atoms with van der Waals surface area (Å²) in [5, 5.41) is 0. The van der Waals surface area contributed by atoms with Crippen LogP contribution in [0.4, 0.5) is 13.6 Å². The van der Waals surface area contributed by atoms with Gasteiger partial charge in [-0.1, -0.05) is 18.2 Å². The molecule has 0 unspecified atom stereocenters. The lowest BCUT2D eigenvalue weighted by Crippen LogP contribution is -2.58. The summed E-state index contributed by atoms with van der Waals surface area (Å²) in [6, 6.07) is 10.0. The minimum atomic E-state index is -1.04. The van der Waals surface area contributed by atoms with E-state index in [1.807, 2.05) is 24.3 Å². The van der Waals surface area contributed by atoms with E-state index in [9.17, 15) is 14.4 Å². The van der Waals surface area contributed by atoms with Crippen LogP contribution >= 0.6 is 11.8 Å². The predicted molar refractivity (Wildman–Crippen MR) is 149 cm³/mol. The van der Waals surface area contributed by atoms with Crippen LogP contribution in [-0.2, 0) is 21.6 Å². The van der Waals surface area contributed by atoms with E-state index < -0.39 is 35.9 Å². The van der Waals surface area contributed by atoms with Gasteiger partial charge in [-0.15, -0.1) is 11.8 Å². The van der Waals surface area contributed by atoms with Crippen LogP contribution in [0.3, 0.4) is 0 Å². The number of nitrogens with zero attached hydrogens (tertiary/aromatic N) is 2. The number of hydrogen-bond acceptors (Lipinski definition) is 8. The zero-order valence-corrected chi connectivity index (χ0v) is 23.5. The molecule has 0 bridgehead atoms. The molecule has 1 saturated carbocycles. The molecule has 2 fully saturated rings. The van der Waals surface area contributed by atoms with Crippen LogP contribution in [0.15, 0.2) is 46.1 Å². The molecule has 9 nitrogen and oxygen atoms in total. The van der Waals surface area contributed by atoms with E-state index in [-0.39, 0.29) is 40.0 Å². The van der Waals surface area contributed by atoms with Crippen molar-refractivity contribution in [1.82, 2.24) is 9.58 Å². The minimum absolute atomic E-state index is 0.0887. The zero-order valence-electron chi connectivity index (χ0n) is 22.7. The molecule has 3 aromatic rings. The van der Waals surface area contributed by atoms with Gasteiger partial charge < -0.3 is 24.5 Å². The average Bonchev–Trinajstić information content (AvgIpc) is 3.78. The van der Waals surface area contributed by atoms with Crippen LogP contribution < -0.4 is 15.6 Å². The molecule has 42 heavy (non-hydrogen) atoms. The molecule has 2 aromatic carbocycles. The first-order valence-corrected chi connectivity index (χ1v) is 14.7. The summed E-state index contributed by atoms with van der Waals surface area (Å²) in [5.74, 6) is -2.50. The number of benzene rings is 2. The van der Waals surface area contributed by atoms with Crippen molar-refractivity contribution in [3.63, 3.8) is 0 Å². The molecule has 1 aromatic heterocycles. The third-order valence-electron chi connectivity index (χ3n) is 8.67. The van der Waals surface area contributed by atoms with Crippen molar-refractivity contribution < 1.29 is 32.6 Å². The maximum atomic E-state index is 15.3. The van der Waals surface area contributed by atoms with Crippen LogP contribution in [0, 0.1) is 17.0 Å². The number of aromatic nitrogens is 1. The number of pyridine rings is 1. The number of amides is 1. The number of thioether (sulfide) groups is 1. The van der Waals surface area contributed by atoms with E-state index >= 15 is 8.78 Å². The van der Waals surface area contributed by atoms with Gasteiger partial charge in [0.1, 0.15) is 6.17 Å². The number of ether oxygens (including phenoxy) is 3. The van der Waals surface area contributed by atoms with E-state index in [1.165, 1.54) is 22.5 Å². The van der Waals surface area contributed by atoms with Gasteiger partial charge in [-0.05, 0) is 60.8 Å². The van der Waals surface area contributed by atoms with Crippen molar-refractivity contribution in [2.45, 2.75) is 48.9 Å². The Hall–Kier alpha value is -4.06. The second-order valence-corrected chi connectivity index (χ2v) is 12.2. The second-order valence-electron chi connectivity index (χ2n) is 11.1. The smallest absolute Gasteiger partial charge is 0.451 e. The number of halogens is 2. The monoisotopic (exact) mass is 595 g/mol. The quantitative estimate of drug-likeness (QED) is 0.332. The minimum Gasteiger partial charge on any atom is -0.451 e. The number of nitrogens with one attached hydrogen (secondary N) is 1. The van der Waals surface area contributed by atoms with E-state index in [1.54, 1.807) is 4.90 Å². The Morgan fingerprint density at radius 2 is 1.95 bits per heavy atom. The molecule has 1 spiro atoms. The summed E-state index contributed by atoms with van der Waals surface area (Å²) in [7, 11) is 1.13. The molecular weight excluding hydrogens is 568 g/mol. The first-order valence-electron chi connectivity index (χ1n) is 13.7. The van der Waals surface area contributed by atoms with Crippen LogP contribution in [0.25, 0.3) is 11.3 Å². The molecule has 1 atom stereocenters. The van der Waals surface area contributed by atoms with Crippen molar-refractivity contribution in [3.05, 3.63) is 80.6 Å². The molecule has 1 aliphatic carbocycles. The van der Waals surface area contributed by atoms with Gasteiger partial charge in [0.25, 0.3) is 5.91 Å². The first-order chi connectivity index (χ1) is 20.3. The normalized spacial score (nSPS) is 19.5. The molecule has 1 amide bonds. The first kappa shape index (κ1) is 26.8. The lowest BCUT2D eigenvalue weighted by Gasteiger charge is -2.45. The Labute approximate surface area is 243 Å². The highest BCUT2D eigenvalue weighted by molar-refractivity contribution is 7.98. The molecule has 218 valence electrons. The number of hydrogen-bond donors (Lipinski definition) is 1. The van der Waals surface area contributed by atoms with Crippen molar-refractivity contribution in [2.75, 3.05) is 25.9 Å². The van der Waals surface area contributed by atoms with E-state index in [2.05, 4.69) is 10.2 Å². The largest absolute Gasteiger partial charge is 0.510 e. The summed E-state index contributed by atoms with van der Waals surface area (Å²) in [6.45, 7) is -0.127. The highest BCUT2D eigenvalue weighted by Gasteiger charge is 2.51. The van der Waals surface area contributed by atoms with Crippen molar-refractivity contribution in [1.29, 1.82) is 0 Å². The molecule has 7 rings (SSSR count). The fourth-order valence-electron chi connectivity index (χ4n) is 6.25. The SMILES string of the molecule is COC(=O)OCOc1c2n(c(-c3cc(F)c(F)c4c3Cc3ccccc3SC4)cc1=O)N[C@@H]1CCC3(CC3)CN1C2=O. The molecule has 0 radical (unpaired) electrons. The number of piperidine rings is 1. The highest BCUT2D eigenvalue weighted by atomic mass is 32.2. The Kier molecular flexibility index (Phi) is 6.41. The summed E-state index contributed by atoms with van der Waals surface area (Å²) in [5.41, 5.74) is 4.93. The van der Waals surface area contributed by atoms with Gasteiger partial charge in [-0.3, -0.25) is 9.59 Å². The maximum absolute atomic E-state index is 15.3. The average molecular weight is 596 g/mol. The Balaban J connectivity index is 1.40.